The molecular weight excluding hydrogens is 272 g/mol. The summed E-state index contributed by atoms with van der Waals surface area (Å²) in [7, 11) is 1.71. The molecule has 0 saturated carbocycles. The SMILES string of the molecule is CC1CCCCCN1C(=O)NC(C(=O)O)c1cnn(C)c1. The monoisotopic (exact) mass is 294 g/mol. The number of carboxylic acids is 1. The Balaban J connectivity index is 2.09. The summed E-state index contributed by atoms with van der Waals surface area (Å²) in [5, 5.41) is 15.9. The summed E-state index contributed by atoms with van der Waals surface area (Å²) in [6.07, 6.45) is 7.20. The molecular formula is C14H22N4O3. The Bertz CT molecular complexity index is 514. The minimum Gasteiger partial charge on any atom is -0.479 e. The summed E-state index contributed by atoms with van der Waals surface area (Å²) in [4.78, 5) is 25.5. The summed E-state index contributed by atoms with van der Waals surface area (Å²) >= 11 is 0. The molecule has 7 heteroatoms. The number of carbonyl (C=O) groups excluding carboxylic acids is 1. The van der Waals surface area contributed by atoms with E-state index < -0.39 is 12.0 Å². The predicted molar refractivity (Wildman–Crippen MR) is 76.8 cm³/mol. The molecule has 2 rings (SSSR count). The molecule has 0 aromatic carbocycles. The van der Waals surface area contributed by atoms with Crippen molar-refractivity contribution in [3.8, 4) is 0 Å². The number of amides is 2. The maximum Gasteiger partial charge on any atom is 0.331 e. The van der Waals surface area contributed by atoms with Gasteiger partial charge in [-0.25, -0.2) is 9.59 Å². The normalized spacial score (nSPS) is 20.7. The lowest BCUT2D eigenvalue weighted by Crippen LogP contribution is -2.47. The lowest BCUT2D eigenvalue weighted by molar-refractivity contribution is -0.139. The number of aliphatic carboxylic acids is 1. The second kappa shape index (κ2) is 6.60. The number of carboxylic acid groups (broad SMARTS) is 1. The number of hydrogen-bond acceptors (Lipinski definition) is 3. The molecule has 1 saturated heterocycles. The lowest BCUT2D eigenvalue weighted by atomic mass is 10.1. The number of hydrogen-bond donors (Lipinski definition) is 2. The van der Waals surface area contributed by atoms with Gasteiger partial charge in [-0.2, -0.15) is 5.10 Å². The quantitative estimate of drug-likeness (QED) is 0.884. The molecule has 2 amide bonds. The van der Waals surface area contributed by atoms with Crippen molar-refractivity contribution in [2.24, 2.45) is 7.05 Å². The van der Waals surface area contributed by atoms with Crippen molar-refractivity contribution in [2.75, 3.05) is 6.54 Å². The van der Waals surface area contributed by atoms with Crippen molar-refractivity contribution in [3.05, 3.63) is 18.0 Å². The van der Waals surface area contributed by atoms with Crippen LogP contribution in [0.1, 0.15) is 44.2 Å². The average molecular weight is 294 g/mol. The fraction of sp³-hybridized carbons (Fsp3) is 0.643. The van der Waals surface area contributed by atoms with Gasteiger partial charge in [0.25, 0.3) is 0 Å². The van der Waals surface area contributed by atoms with Gasteiger partial charge in [-0.3, -0.25) is 4.68 Å². The highest BCUT2D eigenvalue weighted by molar-refractivity contribution is 5.83. The molecule has 0 spiro atoms. The van der Waals surface area contributed by atoms with E-state index in [-0.39, 0.29) is 12.1 Å². The van der Waals surface area contributed by atoms with Crippen LogP contribution in [0.25, 0.3) is 0 Å². The van der Waals surface area contributed by atoms with Gasteiger partial charge in [-0.1, -0.05) is 12.8 Å². The Morgan fingerprint density at radius 1 is 1.43 bits per heavy atom. The van der Waals surface area contributed by atoms with Gasteiger partial charge in [-0.05, 0) is 19.8 Å². The molecule has 1 aromatic rings. The molecule has 1 aliphatic rings. The van der Waals surface area contributed by atoms with Crippen LogP contribution >= 0.6 is 0 Å². The molecule has 0 bridgehead atoms. The molecule has 2 unspecified atom stereocenters. The Morgan fingerprint density at radius 2 is 2.19 bits per heavy atom. The molecule has 116 valence electrons. The van der Waals surface area contributed by atoms with E-state index in [4.69, 9.17) is 0 Å². The van der Waals surface area contributed by atoms with Gasteiger partial charge < -0.3 is 15.3 Å². The van der Waals surface area contributed by atoms with Crippen LogP contribution in [0.3, 0.4) is 0 Å². The second-order valence-corrected chi connectivity index (χ2v) is 5.56. The summed E-state index contributed by atoms with van der Waals surface area (Å²) in [6, 6.07) is -1.25. The molecule has 2 N–H and O–H groups in total. The van der Waals surface area contributed by atoms with Crippen LogP contribution in [0.2, 0.25) is 0 Å². The Kier molecular flexibility index (Phi) is 4.82. The van der Waals surface area contributed by atoms with E-state index in [2.05, 4.69) is 10.4 Å². The van der Waals surface area contributed by atoms with E-state index in [0.717, 1.165) is 25.7 Å². The van der Waals surface area contributed by atoms with Crippen molar-refractivity contribution in [1.82, 2.24) is 20.0 Å². The van der Waals surface area contributed by atoms with Crippen LogP contribution in [0.15, 0.2) is 12.4 Å². The van der Waals surface area contributed by atoms with Gasteiger partial charge in [0, 0.05) is 31.4 Å². The van der Waals surface area contributed by atoms with Crippen LogP contribution < -0.4 is 5.32 Å². The fourth-order valence-electron chi connectivity index (χ4n) is 2.66. The predicted octanol–water partition coefficient (Wildman–Crippen LogP) is 1.52. The van der Waals surface area contributed by atoms with Gasteiger partial charge in [0.1, 0.15) is 0 Å². The lowest BCUT2D eigenvalue weighted by Gasteiger charge is -2.28. The molecule has 0 radical (unpaired) electrons. The molecule has 1 aromatic heterocycles. The van der Waals surface area contributed by atoms with Crippen LogP contribution in [-0.4, -0.2) is 44.4 Å². The van der Waals surface area contributed by atoms with Crippen molar-refractivity contribution in [2.45, 2.75) is 44.7 Å². The number of rotatable bonds is 3. The Hall–Kier alpha value is -2.05. The summed E-state index contributed by atoms with van der Waals surface area (Å²) in [6.45, 7) is 2.68. The largest absolute Gasteiger partial charge is 0.479 e. The van der Waals surface area contributed by atoms with E-state index in [1.165, 1.54) is 10.9 Å². The maximum absolute atomic E-state index is 12.4. The molecule has 21 heavy (non-hydrogen) atoms. The molecule has 7 nitrogen and oxygen atoms in total. The fourth-order valence-corrected chi connectivity index (χ4v) is 2.66. The van der Waals surface area contributed by atoms with Gasteiger partial charge in [0.2, 0.25) is 0 Å². The second-order valence-electron chi connectivity index (χ2n) is 5.56. The van der Waals surface area contributed by atoms with E-state index >= 15 is 0 Å². The van der Waals surface area contributed by atoms with Crippen LogP contribution in [0.5, 0.6) is 0 Å². The van der Waals surface area contributed by atoms with Crippen molar-refractivity contribution >= 4 is 12.0 Å². The van der Waals surface area contributed by atoms with Crippen LogP contribution in [0.4, 0.5) is 4.79 Å². The third-order valence-corrected chi connectivity index (χ3v) is 3.89. The minimum absolute atomic E-state index is 0.135. The Morgan fingerprint density at radius 3 is 2.81 bits per heavy atom. The number of likely N-dealkylation sites (tertiary alicyclic amines) is 1. The van der Waals surface area contributed by atoms with Gasteiger partial charge >= 0.3 is 12.0 Å². The average Bonchev–Trinajstić information content (AvgIpc) is 2.73. The van der Waals surface area contributed by atoms with Crippen molar-refractivity contribution in [3.63, 3.8) is 0 Å². The standard InChI is InChI=1S/C14H22N4O3/c1-10-6-4-3-5-7-18(10)14(21)16-12(13(19)20)11-8-15-17(2)9-11/h8-10,12H,3-7H2,1-2H3,(H,16,21)(H,19,20). The number of urea groups is 1. The smallest absolute Gasteiger partial charge is 0.331 e. The molecule has 1 fully saturated rings. The summed E-state index contributed by atoms with van der Waals surface area (Å²) < 4.78 is 1.52. The third-order valence-electron chi connectivity index (χ3n) is 3.89. The van der Waals surface area contributed by atoms with Gasteiger partial charge in [0.05, 0.1) is 6.20 Å². The molecule has 1 aliphatic heterocycles. The number of aromatic nitrogens is 2. The molecule has 0 aliphatic carbocycles. The van der Waals surface area contributed by atoms with Gasteiger partial charge in [0.15, 0.2) is 6.04 Å². The van der Waals surface area contributed by atoms with E-state index in [1.807, 2.05) is 6.92 Å². The zero-order chi connectivity index (χ0) is 15.4. The maximum atomic E-state index is 12.4. The zero-order valence-corrected chi connectivity index (χ0v) is 12.5. The number of nitrogens with zero attached hydrogens (tertiary/aromatic N) is 3. The number of aryl methyl sites for hydroxylation is 1. The first-order valence-corrected chi connectivity index (χ1v) is 7.27. The van der Waals surface area contributed by atoms with Crippen LogP contribution in [-0.2, 0) is 11.8 Å². The van der Waals surface area contributed by atoms with E-state index in [1.54, 1.807) is 18.1 Å². The zero-order valence-electron chi connectivity index (χ0n) is 12.5. The van der Waals surface area contributed by atoms with Gasteiger partial charge in [-0.15, -0.1) is 0 Å². The van der Waals surface area contributed by atoms with Crippen molar-refractivity contribution in [1.29, 1.82) is 0 Å². The van der Waals surface area contributed by atoms with Crippen LogP contribution in [0, 0.1) is 0 Å². The first-order chi connectivity index (χ1) is 9.99. The molecule has 2 atom stereocenters. The summed E-state index contributed by atoms with van der Waals surface area (Å²) in [5.41, 5.74) is 0.473. The highest BCUT2D eigenvalue weighted by Crippen LogP contribution is 2.18. The summed E-state index contributed by atoms with van der Waals surface area (Å²) in [5.74, 6) is -1.08. The topological polar surface area (TPSA) is 87.5 Å². The third kappa shape index (κ3) is 3.74. The van der Waals surface area contributed by atoms with E-state index in [0.29, 0.717) is 12.1 Å². The molecule has 2 heterocycles. The first-order valence-electron chi connectivity index (χ1n) is 7.27. The van der Waals surface area contributed by atoms with Crippen molar-refractivity contribution < 1.29 is 14.7 Å². The highest BCUT2D eigenvalue weighted by atomic mass is 16.4. The Labute approximate surface area is 123 Å². The minimum atomic E-state index is -1.08. The highest BCUT2D eigenvalue weighted by Gasteiger charge is 2.28. The first kappa shape index (κ1) is 15.3. The van der Waals surface area contributed by atoms with E-state index in [9.17, 15) is 14.7 Å². The number of nitrogens with one attached hydrogen (secondary N) is 1. The number of carbonyl (C=O) groups is 2.